The Labute approximate surface area is 206 Å². The van der Waals surface area contributed by atoms with Gasteiger partial charge in [-0.05, 0) is 31.2 Å². The van der Waals surface area contributed by atoms with E-state index in [1.54, 1.807) is 23.1 Å². The average Bonchev–Trinajstić information content (AvgIpc) is 2.88. The molecule has 0 unspecified atom stereocenters. The second kappa shape index (κ2) is 10.4. The van der Waals surface area contributed by atoms with Gasteiger partial charge in [0.05, 0.1) is 24.8 Å². The Bertz CT molecular complexity index is 1270. The van der Waals surface area contributed by atoms with Crippen LogP contribution >= 0.6 is 0 Å². The van der Waals surface area contributed by atoms with Crippen LogP contribution in [0.5, 0.6) is 23.1 Å². The molecule has 2 heterocycles. The molecule has 188 valence electrons. The van der Waals surface area contributed by atoms with Gasteiger partial charge < -0.3 is 24.0 Å². The van der Waals surface area contributed by atoms with Gasteiger partial charge in [0.1, 0.15) is 12.1 Å². The number of halogens is 1. The van der Waals surface area contributed by atoms with E-state index in [0.29, 0.717) is 37.4 Å². The first-order valence-electron chi connectivity index (χ1n) is 11.0. The van der Waals surface area contributed by atoms with Crippen LogP contribution in [0.2, 0.25) is 0 Å². The molecule has 0 aliphatic carbocycles. The van der Waals surface area contributed by atoms with Crippen LogP contribution in [0.15, 0.2) is 42.7 Å². The number of methoxy groups -OCH3 is 2. The van der Waals surface area contributed by atoms with E-state index < -0.39 is 10.6 Å². The maximum absolute atomic E-state index is 14.2. The minimum Gasteiger partial charge on any atom is -0.493 e. The third-order valence-corrected chi connectivity index (χ3v) is 5.79. The zero-order valence-corrected chi connectivity index (χ0v) is 19.9. The van der Waals surface area contributed by atoms with E-state index in [-0.39, 0.29) is 40.5 Å². The van der Waals surface area contributed by atoms with Gasteiger partial charge in [0.15, 0.2) is 17.3 Å². The molecular formula is C24H24FN5O6. The van der Waals surface area contributed by atoms with Crippen molar-refractivity contribution in [2.75, 3.05) is 50.2 Å². The van der Waals surface area contributed by atoms with Gasteiger partial charge in [0, 0.05) is 31.7 Å². The molecule has 3 aromatic rings. The van der Waals surface area contributed by atoms with Crippen molar-refractivity contribution in [1.29, 1.82) is 0 Å². The second-order valence-corrected chi connectivity index (χ2v) is 7.90. The number of nitrogens with zero attached hydrogens (tertiary/aromatic N) is 5. The number of nitro groups is 1. The Balaban J connectivity index is 1.65. The first-order valence-corrected chi connectivity index (χ1v) is 11.0. The Morgan fingerprint density at radius 1 is 1.03 bits per heavy atom. The Morgan fingerprint density at radius 2 is 1.64 bits per heavy atom. The van der Waals surface area contributed by atoms with E-state index >= 15 is 0 Å². The smallest absolute Gasteiger partial charge is 0.373 e. The first-order chi connectivity index (χ1) is 17.3. The number of Topliss-reactive ketones (excluding diaryl/α,β-unsaturated/α-hetero) is 1. The topological polar surface area (TPSA) is 120 Å². The van der Waals surface area contributed by atoms with Crippen molar-refractivity contribution in [3.05, 3.63) is 64.2 Å². The number of hydrogen-bond acceptors (Lipinski definition) is 10. The summed E-state index contributed by atoms with van der Waals surface area (Å²) in [6, 6.07) is 9.38. The number of piperazine rings is 1. The Morgan fingerprint density at radius 3 is 2.19 bits per heavy atom. The highest BCUT2D eigenvalue weighted by Gasteiger charge is 2.32. The van der Waals surface area contributed by atoms with Crippen LogP contribution in [-0.4, -0.2) is 61.1 Å². The fourth-order valence-corrected chi connectivity index (χ4v) is 3.97. The zero-order chi connectivity index (χ0) is 25.8. The lowest BCUT2D eigenvalue weighted by atomic mass is 10.1. The molecule has 0 spiro atoms. The van der Waals surface area contributed by atoms with Gasteiger partial charge in [-0.1, -0.05) is 12.1 Å². The summed E-state index contributed by atoms with van der Waals surface area (Å²) in [7, 11) is 2.75. The Hall–Kier alpha value is -4.48. The van der Waals surface area contributed by atoms with Crippen LogP contribution in [0.25, 0.3) is 0 Å². The summed E-state index contributed by atoms with van der Waals surface area (Å²) in [6.07, 6.45) is 1.17. The summed E-state index contributed by atoms with van der Waals surface area (Å²) in [5.74, 6) is -0.455. The molecular weight excluding hydrogens is 473 g/mol. The summed E-state index contributed by atoms with van der Waals surface area (Å²) >= 11 is 0. The van der Waals surface area contributed by atoms with E-state index in [2.05, 4.69) is 9.97 Å². The quantitative estimate of drug-likeness (QED) is 0.258. The number of rotatable bonds is 8. The third-order valence-electron chi connectivity index (χ3n) is 5.79. The van der Waals surface area contributed by atoms with Gasteiger partial charge in [-0.3, -0.25) is 14.9 Å². The first kappa shape index (κ1) is 24.6. The van der Waals surface area contributed by atoms with Crippen molar-refractivity contribution in [2.45, 2.75) is 6.92 Å². The van der Waals surface area contributed by atoms with Crippen LogP contribution < -0.4 is 24.0 Å². The van der Waals surface area contributed by atoms with Crippen LogP contribution in [0.4, 0.5) is 21.6 Å². The minimum atomic E-state index is -0.614. The maximum Gasteiger partial charge on any atom is 0.373 e. The lowest BCUT2D eigenvalue weighted by molar-refractivity contribution is -0.385. The molecule has 0 atom stereocenters. The van der Waals surface area contributed by atoms with Gasteiger partial charge in [-0.15, -0.1) is 0 Å². The van der Waals surface area contributed by atoms with Crippen molar-refractivity contribution in [3.8, 4) is 23.1 Å². The van der Waals surface area contributed by atoms with Crippen molar-refractivity contribution in [2.24, 2.45) is 0 Å². The number of ketones is 1. The number of benzene rings is 2. The molecule has 2 aromatic carbocycles. The SMILES string of the molecule is COc1cc(C(C)=O)cc(OC)c1Oc1ncnc(N2CCN(c3ccccc3F)CC2)c1[N+](=O)[O-]. The molecule has 0 amide bonds. The summed E-state index contributed by atoms with van der Waals surface area (Å²) < 4.78 is 30.7. The molecule has 1 saturated heterocycles. The number of hydrogen-bond donors (Lipinski definition) is 0. The van der Waals surface area contributed by atoms with Crippen LogP contribution in [0.3, 0.4) is 0 Å². The second-order valence-electron chi connectivity index (χ2n) is 7.90. The third kappa shape index (κ3) is 4.83. The molecule has 12 heteroatoms. The molecule has 4 rings (SSSR count). The van der Waals surface area contributed by atoms with E-state index in [9.17, 15) is 19.3 Å². The van der Waals surface area contributed by atoms with Gasteiger partial charge in [0.25, 0.3) is 0 Å². The van der Waals surface area contributed by atoms with Crippen molar-refractivity contribution in [3.63, 3.8) is 0 Å². The van der Waals surface area contributed by atoms with E-state index in [1.165, 1.54) is 45.7 Å². The van der Waals surface area contributed by atoms with Gasteiger partial charge >= 0.3 is 11.6 Å². The van der Waals surface area contributed by atoms with Crippen molar-refractivity contribution >= 4 is 23.0 Å². The largest absolute Gasteiger partial charge is 0.493 e. The van der Waals surface area contributed by atoms with E-state index in [4.69, 9.17) is 14.2 Å². The van der Waals surface area contributed by atoms with Crippen molar-refractivity contribution < 1.29 is 28.3 Å². The maximum atomic E-state index is 14.2. The molecule has 36 heavy (non-hydrogen) atoms. The van der Waals surface area contributed by atoms with Crippen LogP contribution in [0.1, 0.15) is 17.3 Å². The predicted octanol–water partition coefficient (Wildman–Crippen LogP) is 3.86. The molecule has 1 aliphatic heterocycles. The molecule has 11 nitrogen and oxygen atoms in total. The fourth-order valence-electron chi connectivity index (χ4n) is 3.97. The highest BCUT2D eigenvalue weighted by atomic mass is 19.1. The van der Waals surface area contributed by atoms with E-state index in [0.717, 1.165) is 0 Å². The minimum absolute atomic E-state index is 0.0297. The molecule has 1 aliphatic rings. The highest BCUT2D eigenvalue weighted by molar-refractivity contribution is 5.95. The number of para-hydroxylation sites is 1. The average molecular weight is 497 g/mol. The number of carbonyl (C=O) groups is 1. The van der Waals surface area contributed by atoms with Gasteiger partial charge in [0.2, 0.25) is 11.6 Å². The number of carbonyl (C=O) groups excluding carboxylic acids is 1. The van der Waals surface area contributed by atoms with Gasteiger partial charge in [-0.2, -0.15) is 4.98 Å². The summed E-state index contributed by atoms with van der Waals surface area (Å²) in [5, 5.41) is 12.1. The molecule has 1 aromatic heterocycles. The monoisotopic (exact) mass is 497 g/mol. The predicted molar refractivity (Wildman–Crippen MR) is 129 cm³/mol. The fraction of sp³-hybridized carbons (Fsp3) is 0.292. The Kier molecular flexibility index (Phi) is 7.13. The summed E-state index contributed by atoms with van der Waals surface area (Å²) in [4.78, 5) is 35.1. The van der Waals surface area contributed by atoms with E-state index in [1.807, 2.05) is 4.90 Å². The molecule has 1 fully saturated rings. The summed E-state index contributed by atoms with van der Waals surface area (Å²) in [5.41, 5.74) is 0.366. The molecule has 0 saturated carbocycles. The zero-order valence-electron chi connectivity index (χ0n) is 19.9. The highest BCUT2D eigenvalue weighted by Crippen LogP contribution is 2.44. The molecule has 0 radical (unpaired) electrons. The molecule has 0 N–H and O–H groups in total. The number of ether oxygens (including phenoxy) is 3. The molecule has 0 bridgehead atoms. The van der Waals surface area contributed by atoms with Crippen LogP contribution in [-0.2, 0) is 0 Å². The normalized spacial score (nSPS) is 13.3. The van der Waals surface area contributed by atoms with Crippen LogP contribution in [0, 0.1) is 15.9 Å². The number of anilines is 2. The lowest BCUT2D eigenvalue weighted by Crippen LogP contribution is -2.47. The lowest BCUT2D eigenvalue weighted by Gasteiger charge is -2.36. The van der Waals surface area contributed by atoms with Gasteiger partial charge in [-0.25, -0.2) is 9.37 Å². The number of aromatic nitrogens is 2. The summed E-state index contributed by atoms with van der Waals surface area (Å²) in [6.45, 7) is 3.00. The van der Waals surface area contributed by atoms with Crippen molar-refractivity contribution in [1.82, 2.24) is 9.97 Å². The standard InChI is InChI=1S/C24H24FN5O6/c1-15(31)16-12-19(34-2)22(20(13-16)35-3)36-24-21(30(32)33)23(26-14-27-24)29-10-8-28(9-11-29)18-7-5-4-6-17(18)25/h4-7,12-14H,8-11H2,1-3H3.